The van der Waals surface area contributed by atoms with Gasteiger partial charge in [0.25, 0.3) is 5.91 Å². The highest BCUT2D eigenvalue weighted by Gasteiger charge is 2.12. The van der Waals surface area contributed by atoms with E-state index in [1.165, 1.54) is 0 Å². The van der Waals surface area contributed by atoms with Crippen LogP contribution in [0, 0.1) is 6.92 Å². The lowest BCUT2D eigenvalue weighted by Gasteiger charge is -2.08. The van der Waals surface area contributed by atoms with Crippen molar-refractivity contribution in [3.05, 3.63) is 65.5 Å². The zero-order valence-corrected chi connectivity index (χ0v) is 14.7. The van der Waals surface area contributed by atoms with Crippen LogP contribution in [0.15, 0.2) is 48.5 Å². The van der Waals surface area contributed by atoms with E-state index in [2.05, 4.69) is 10.3 Å². The third-order valence-electron chi connectivity index (χ3n) is 4.22. The molecule has 3 rings (SSSR count). The second-order valence-electron chi connectivity index (χ2n) is 6.29. The summed E-state index contributed by atoms with van der Waals surface area (Å²) in [6, 6.07) is 15.1. The molecule has 2 amide bonds. The number of benzene rings is 2. The van der Waals surface area contributed by atoms with Gasteiger partial charge in [0.05, 0.1) is 11.0 Å². The standard InChI is InChI=1S/C20H22N4O2/c1-14-8-10-15(11-9-14)20(26)22-12-4-7-19-23-16-5-2-3-6-17(16)24(19)13-18(21)25/h2-3,5-6,8-11H,4,7,12-13H2,1H3,(H2,21,25)(H,22,26). The summed E-state index contributed by atoms with van der Waals surface area (Å²) in [6.45, 7) is 2.62. The molecule has 6 nitrogen and oxygen atoms in total. The number of primary amides is 1. The van der Waals surface area contributed by atoms with Gasteiger partial charge in [-0.05, 0) is 37.6 Å². The molecular formula is C20H22N4O2. The van der Waals surface area contributed by atoms with Crippen molar-refractivity contribution in [1.29, 1.82) is 0 Å². The number of rotatable bonds is 7. The number of nitrogens with zero attached hydrogens (tertiary/aromatic N) is 2. The van der Waals surface area contributed by atoms with Crippen LogP contribution in [-0.4, -0.2) is 27.9 Å². The summed E-state index contributed by atoms with van der Waals surface area (Å²) in [6.07, 6.45) is 1.37. The molecule has 0 spiro atoms. The lowest BCUT2D eigenvalue weighted by molar-refractivity contribution is -0.118. The van der Waals surface area contributed by atoms with Gasteiger partial charge in [-0.1, -0.05) is 29.8 Å². The molecule has 1 aromatic heterocycles. The number of carbonyl (C=O) groups excluding carboxylic acids is 2. The first-order valence-electron chi connectivity index (χ1n) is 8.62. The average Bonchev–Trinajstić information content (AvgIpc) is 2.96. The summed E-state index contributed by atoms with van der Waals surface area (Å²) in [7, 11) is 0. The van der Waals surface area contributed by atoms with E-state index in [4.69, 9.17) is 5.73 Å². The van der Waals surface area contributed by atoms with Gasteiger partial charge < -0.3 is 15.6 Å². The van der Waals surface area contributed by atoms with E-state index in [1.54, 1.807) is 0 Å². The van der Waals surface area contributed by atoms with Crippen LogP contribution in [0.4, 0.5) is 0 Å². The Balaban J connectivity index is 1.61. The maximum absolute atomic E-state index is 12.1. The van der Waals surface area contributed by atoms with Crippen molar-refractivity contribution in [3.8, 4) is 0 Å². The molecule has 1 heterocycles. The minimum absolute atomic E-state index is 0.0874. The number of nitrogens with two attached hydrogens (primary N) is 1. The third kappa shape index (κ3) is 4.08. The van der Waals surface area contributed by atoms with E-state index >= 15 is 0 Å². The predicted octanol–water partition coefficient (Wildman–Crippen LogP) is 2.19. The van der Waals surface area contributed by atoms with Gasteiger partial charge in [-0.25, -0.2) is 4.98 Å². The van der Waals surface area contributed by atoms with Crippen molar-refractivity contribution in [2.24, 2.45) is 5.73 Å². The van der Waals surface area contributed by atoms with Gasteiger partial charge in [0, 0.05) is 18.5 Å². The molecule has 26 heavy (non-hydrogen) atoms. The number of aryl methyl sites for hydroxylation is 2. The van der Waals surface area contributed by atoms with Gasteiger partial charge in [-0.2, -0.15) is 0 Å². The molecule has 2 aromatic carbocycles. The summed E-state index contributed by atoms with van der Waals surface area (Å²) in [5, 5.41) is 2.92. The fraction of sp³-hybridized carbons (Fsp3) is 0.250. The Labute approximate surface area is 152 Å². The minimum atomic E-state index is -0.401. The maximum atomic E-state index is 12.1. The Morgan fingerprint density at radius 1 is 1.12 bits per heavy atom. The van der Waals surface area contributed by atoms with Gasteiger partial charge in [0.2, 0.25) is 5.91 Å². The highest BCUT2D eigenvalue weighted by molar-refractivity contribution is 5.94. The van der Waals surface area contributed by atoms with E-state index < -0.39 is 5.91 Å². The summed E-state index contributed by atoms with van der Waals surface area (Å²) in [4.78, 5) is 28.1. The maximum Gasteiger partial charge on any atom is 0.251 e. The Bertz CT molecular complexity index is 929. The van der Waals surface area contributed by atoms with Crippen molar-refractivity contribution in [3.63, 3.8) is 0 Å². The van der Waals surface area contributed by atoms with Gasteiger partial charge in [-0.15, -0.1) is 0 Å². The van der Waals surface area contributed by atoms with Gasteiger partial charge >= 0.3 is 0 Å². The molecule has 0 radical (unpaired) electrons. The van der Waals surface area contributed by atoms with Crippen LogP contribution in [-0.2, 0) is 17.8 Å². The Morgan fingerprint density at radius 2 is 1.85 bits per heavy atom. The number of fused-ring (bicyclic) bond motifs is 1. The van der Waals surface area contributed by atoms with Crippen LogP contribution in [0.2, 0.25) is 0 Å². The van der Waals surface area contributed by atoms with Crippen molar-refractivity contribution in [2.75, 3.05) is 6.54 Å². The molecule has 0 unspecified atom stereocenters. The van der Waals surface area contributed by atoms with Crippen LogP contribution >= 0.6 is 0 Å². The van der Waals surface area contributed by atoms with E-state index in [0.29, 0.717) is 18.5 Å². The van der Waals surface area contributed by atoms with Crippen LogP contribution < -0.4 is 11.1 Å². The molecule has 0 saturated heterocycles. The summed E-state index contributed by atoms with van der Waals surface area (Å²) < 4.78 is 1.85. The van der Waals surface area contributed by atoms with Gasteiger partial charge in [0.15, 0.2) is 0 Å². The lowest BCUT2D eigenvalue weighted by Crippen LogP contribution is -2.25. The molecular weight excluding hydrogens is 328 g/mol. The molecule has 134 valence electrons. The van der Waals surface area contributed by atoms with Crippen LogP contribution in [0.25, 0.3) is 11.0 Å². The molecule has 0 aliphatic rings. The Morgan fingerprint density at radius 3 is 2.58 bits per heavy atom. The average molecular weight is 350 g/mol. The second kappa shape index (κ2) is 7.82. The highest BCUT2D eigenvalue weighted by atomic mass is 16.2. The van der Waals surface area contributed by atoms with Crippen LogP contribution in [0.5, 0.6) is 0 Å². The molecule has 0 bridgehead atoms. The second-order valence-corrected chi connectivity index (χ2v) is 6.29. The number of aromatic nitrogens is 2. The van der Waals surface area contributed by atoms with Gasteiger partial charge in [-0.3, -0.25) is 9.59 Å². The molecule has 6 heteroatoms. The van der Waals surface area contributed by atoms with E-state index in [-0.39, 0.29) is 12.5 Å². The molecule has 0 fully saturated rings. The summed E-state index contributed by atoms with van der Waals surface area (Å²) >= 11 is 0. The number of hydrogen-bond acceptors (Lipinski definition) is 3. The lowest BCUT2D eigenvalue weighted by atomic mass is 10.1. The van der Waals surface area contributed by atoms with E-state index in [1.807, 2.05) is 60.0 Å². The fourth-order valence-corrected chi connectivity index (χ4v) is 2.90. The number of nitrogens with one attached hydrogen (secondary N) is 1. The molecule has 3 N–H and O–H groups in total. The molecule has 0 aliphatic carbocycles. The summed E-state index contributed by atoms with van der Waals surface area (Å²) in [5.41, 5.74) is 8.87. The zero-order chi connectivity index (χ0) is 18.5. The SMILES string of the molecule is Cc1ccc(C(=O)NCCCc2nc3ccccc3n2CC(N)=O)cc1. The van der Waals surface area contributed by atoms with Crippen molar-refractivity contribution >= 4 is 22.8 Å². The first-order chi connectivity index (χ1) is 12.5. The molecule has 0 saturated carbocycles. The van der Waals surface area contributed by atoms with Crippen LogP contribution in [0.3, 0.4) is 0 Å². The van der Waals surface area contributed by atoms with Gasteiger partial charge in [0.1, 0.15) is 12.4 Å². The molecule has 0 aliphatic heterocycles. The summed E-state index contributed by atoms with van der Waals surface area (Å²) in [5.74, 6) is 0.312. The predicted molar refractivity (Wildman–Crippen MR) is 101 cm³/mol. The number of hydrogen-bond donors (Lipinski definition) is 2. The topological polar surface area (TPSA) is 90.0 Å². The largest absolute Gasteiger partial charge is 0.368 e. The normalized spacial score (nSPS) is 10.8. The smallest absolute Gasteiger partial charge is 0.251 e. The minimum Gasteiger partial charge on any atom is -0.368 e. The van der Waals surface area contributed by atoms with Crippen molar-refractivity contribution in [1.82, 2.24) is 14.9 Å². The third-order valence-corrected chi connectivity index (χ3v) is 4.22. The van der Waals surface area contributed by atoms with Crippen LogP contribution in [0.1, 0.15) is 28.2 Å². The van der Waals surface area contributed by atoms with Crippen molar-refractivity contribution < 1.29 is 9.59 Å². The van der Waals surface area contributed by atoms with E-state index in [0.717, 1.165) is 28.8 Å². The number of imidazole rings is 1. The number of amides is 2. The van der Waals surface area contributed by atoms with Crippen molar-refractivity contribution in [2.45, 2.75) is 26.3 Å². The first kappa shape index (κ1) is 17.7. The zero-order valence-electron chi connectivity index (χ0n) is 14.7. The Hall–Kier alpha value is -3.15. The molecule has 0 atom stereocenters. The first-order valence-corrected chi connectivity index (χ1v) is 8.62. The quantitative estimate of drug-likeness (QED) is 0.640. The number of carbonyl (C=O) groups is 2. The Kier molecular flexibility index (Phi) is 5.31. The number of para-hydroxylation sites is 2. The molecule has 3 aromatic rings. The highest BCUT2D eigenvalue weighted by Crippen LogP contribution is 2.17. The van der Waals surface area contributed by atoms with E-state index in [9.17, 15) is 9.59 Å². The fourth-order valence-electron chi connectivity index (χ4n) is 2.90. The monoisotopic (exact) mass is 350 g/mol.